The van der Waals surface area contributed by atoms with Crippen molar-refractivity contribution in [3.63, 3.8) is 0 Å². The van der Waals surface area contributed by atoms with Crippen LogP contribution in [0.15, 0.2) is 58.4 Å². The first kappa shape index (κ1) is 26.0. The van der Waals surface area contributed by atoms with Gasteiger partial charge >= 0.3 is 0 Å². The third-order valence-corrected chi connectivity index (χ3v) is 11.3. The zero-order valence-electron chi connectivity index (χ0n) is 21.7. The number of nitrogens with zero attached hydrogens (tertiary/aromatic N) is 2. The number of halogens is 2. The van der Waals surface area contributed by atoms with Gasteiger partial charge in [0.25, 0.3) is 0 Å². The summed E-state index contributed by atoms with van der Waals surface area (Å²) in [6, 6.07) is 12.4. The molecule has 0 radical (unpaired) electrons. The molecule has 7 rings (SSSR count). The van der Waals surface area contributed by atoms with E-state index in [-0.39, 0.29) is 27.7 Å². The van der Waals surface area contributed by atoms with Crippen molar-refractivity contribution in [1.29, 1.82) is 0 Å². The molecule has 0 amide bonds. The molecule has 1 N–H and O–H groups in total. The molecule has 0 aromatic heterocycles. The first-order valence-corrected chi connectivity index (χ1v) is 15.2. The number of sulfonamides is 1. The van der Waals surface area contributed by atoms with Crippen LogP contribution in [-0.2, 0) is 21.4 Å². The SMILES string of the molecule is CC1(C)NC(C23CC(N(Cc4ccc(Cl)c(F)c4)S(=O)(=O)c4ccccc4)(C2)C3)=N[C@H]1C(=O)CC1CCC1. The standard InChI is InChI=1S/C29H33ClFN3O3S/c1-27(2)25(24(35)14-19-7-6-8-19)32-26(33-27)28-16-29(17-28,18-28)34(15-20-11-12-22(30)23(31)13-20)38(36,37)21-9-4-3-5-10-21/h3-5,9-13,19,25H,6-8,14-18H2,1-2H3,(H,32,33)/t25-,28?,29?/m0/s1. The number of hydrogen-bond donors (Lipinski definition) is 1. The number of benzene rings is 2. The van der Waals surface area contributed by atoms with Crippen molar-refractivity contribution in [2.75, 3.05) is 0 Å². The molecule has 1 heterocycles. The van der Waals surface area contributed by atoms with Gasteiger partial charge in [0.05, 0.1) is 15.5 Å². The van der Waals surface area contributed by atoms with Gasteiger partial charge in [0.2, 0.25) is 10.0 Å². The Morgan fingerprint density at radius 2 is 1.82 bits per heavy atom. The summed E-state index contributed by atoms with van der Waals surface area (Å²) >= 11 is 5.88. The topological polar surface area (TPSA) is 78.8 Å². The van der Waals surface area contributed by atoms with Gasteiger partial charge in [-0.1, -0.05) is 55.1 Å². The van der Waals surface area contributed by atoms with Crippen LogP contribution in [0.1, 0.15) is 64.4 Å². The second-order valence-electron chi connectivity index (χ2n) is 12.3. The maximum Gasteiger partial charge on any atom is 0.243 e. The van der Waals surface area contributed by atoms with Gasteiger partial charge in [0.15, 0.2) is 5.78 Å². The monoisotopic (exact) mass is 557 g/mol. The summed E-state index contributed by atoms with van der Waals surface area (Å²) in [4.78, 5) is 18.2. The maximum absolute atomic E-state index is 14.2. The first-order chi connectivity index (χ1) is 17.9. The second kappa shape index (κ2) is 8.86. The van der Waals surface area contributed by atoms with Crippen LogP contribution < -0.4 is 5.32 Å². The number of Topliss-reactive ketones (excluding diaryl/α,β-unsaturated/α-hetero) is 1. The fraction of sp³-hybridized carbons (Fsp3) is 0.517. The van der Waals surface area contributed by atoms with Crippen LogP contribution in [0.2, 0.25) is 5.02 Å². The molecule has 38 heavy (non-hydrogen) atoms. The van der Waals surface area contributed by atoms with E-state index in [4.69, 9.17) is 16.6 Å². The molecule has 2 bridgehead atoms. The predicted molar refractivity (Wildman–Crippen MR) is 145 cm³/mol. The van der Waals surface area contributed by atoms with E-state index >= 15 is 0 Å². The van der Waals surface area contributed by atoms with Gasteiger partial charge in [-0.2, -0.15) is 4.31 Å². The Morgan fingerprint density at radius 3 is 2.42 bits per heavy atom. The molecule has 4 saturated carbocycles. The minimum Gasteiger partial charge on any atom is -0.366 e. The highest BCUT2D eigenvalue weighted by Gasteiger charge is 2.75. The molecular weight excluding hydrogens is 525 g/mol. The fourth-order valence-corrected chi connectivity index (χ4v) is 8.71. The number of aliphatic imine (C=N–C) groups is 1. The molecule has 4 fully saturated rings. The molecule has 5 aliphatic rings. The molecular formula is C29H33ClFN3O3S. The molecule has 6 nitrogen and oxygen atoms in total. The summed E-state index contributed by atoms with van der Waals surface area (Å²) < 4.78 is 43.5. The number of amidine groups is 1. The maximum atomic E-state index is 14.2. The van der Waals surface area contributed by atoms with Crippen LogP contribution in [0.25, 0.3) is 0 Å². The number of carbonyl (C=O) groups is 1. The average Bonchev–Trinajstić information content (AvgIpc) is 3.11. The largest absolute Gasteiger partial charge is 0.366 e. The summed E-state index contributed by atoms with van der Waals surface area (Å²) in [5.41, 5.74) is -0.745. The minimum atomic E-state index is -3.85. The normalized spacial score (nSPS) is 29.6. The second-order valence-corrected chi connectivity index (χ2v) is 14.6. The zero-order valence-corrected chi connectivity index (χ0v) is 23.3. The lowest BCUT2D eigenvalue weighted by Crippen LogP contribution is -2.78. The van der Waals surface area contributed by atoms with Gasteiger partial charge in [0, 0.05) is 23.9 Å². The van der Waals surface area contributed by atoms with Crippen molar-refractivity contribution in [1.82, 2.24) is 9.62 Å². The predicted octanol–water partition coefficient (Wildman–Crippen LogP) is 5.50. The van der Waals surface area contributed by atoms with E-state index in [1.165, 1.54) is 18.6 Å². The quantitative estimate of drug-likeness (QED) is 0.441. The summed E-state index contributed by atoms with van der Waals surface area (Å²) in [6.45, 7) is 4.10. The molecule has 2 aromatic rings. The van der Waals surface area contributed by atoms with Crippen LogP contribution in [0.5, 0.6) is 0 Å². The Labute approximate surface area is 228 Å². The Kier molecular flexibility index (Phi) is 6.05. The summed E-state index contributed by atoms with van der Waals surface area (Å²) in [5.74, 6) is 0.956. The van der Waals surface area contributed by atoms with E-state index in [9.17, 15) is 17.6 Å². The van der Waals surface area contributed by atoms with Gasteiger partial charge in [-0.15, -0.1) is 0 Å². The molecule has 4 aliphatic carbocycles. The summed E-state index contributed by atoms with van der Waals surface area (Å²) in [6.07, 6.45) is 5.89. The van der Waals surface area contributed by atoms with Gasteiger partial charge in [-0.05, 0) is 68.9 Å². The lowest BCUT2D eigenvalue weighted by molar-refractivity contribution is -0.151. The first-order valence-electron chi connectivity index (χ1n) is 13.4. The summed E-state index contributed by atoms with van der Waals surface area (Å²) in [5, 5.41) is 3.54. The zero-order chi connectivity index (χ0) is 26.9. The third kappa shape index (κ3) is 4.11. The highest BCUT2D eigenvalue weighted by molar-refractivity contribution is 7.89. The van der Waals surface area contributed by atoms with E-state index in [2.05, 4.69) is 5.32 Å². The van der Waals surface area contributed by atoms with Crippen molar-refractivity contribution in [3.8, 4) is 0 Å². The van der Waals surface area contributed by atoms with Crippen molar-refractivity contribution in [2.45, 2.75) is 87.4 Å². The molecule has 1 atom stereocenters. The Morgan fingerprint density at radius 1 is 1.13 bits per heavy atom. The van der Waals surface area contributed by atoms with E-state index < -0.39 is 33.0 Å². The lowest BCUT2D eigenvalue weighted by atomic mass is 9.38. The van der Waals surface area contributed by atoms with Crippen LogP contribution in [0.4, 0.5) is 4.39 Å². The van der Waals surface area contributed by atoms with Crippen LogP contribution >= 0.6 is 11.6 Å². The highest BCUT2D eigenvalue weighted by atomic mass is 35.5. The number of hydrogen-bond acceptors (Lipinski definition) is 5. The van der Waals surface area contributed by atoms with Crippen molar-refractivity contribution >= 4 is 33.2 Å². The number of carbonyl (C=O) groups excluding carboxylic acids is 1. The van der Waals surface area contributed by atoms with Gasteiger partial charge in [0.1, 0.15) is 17.7 Å². The molecule has 0 unspecified atom stereocenters. The molecule has 1 aliphatic heterocycles. The van der Waals surface area contributed by atoms with Crippen molar-refractivity contribution in [2.24, 2.45) is 16.3 Å². The van der Waals surface area contributed by atoms with Crippen molar-refractivity contribution in [3.05, 3.63) is 64.9 Å². The molecule has 0 saturated heterocycles. The molecule has 9 heteroatoms. The lowest BCUT2D eigenvalue weighted by Gasteiger charge is -2.73. The Balaban J connectivity index is 1.26. The smallest absolute Gasteiger partial charge is 0.243 e. The molecule has 2 aromatic carbocycles. The highest BCUT2D eigenvalue weighted by Crippen LogP contribution is 2.71. The van der Waals surface area contributed by atoms with E-state index in [1.54, 1.807) is 40.7 Å². The van der Waals surface area contributed by atoms with Crippen molar-refractivity contribution < 1.29 is 17.6 Å². The molecule has 202 valence electrons. The summed E-state index contributed by atoms with van der Waals surface area (Å²) in [7, 11) is -3.85. The average molecular weight is 558 g/mol. The third-order valence-electron chi connectivity index (χ3n) is 9.08. The molecule has 0 spiro atoms. The number of ketones is 1. The van der Waals surface area contributed by atoms with E-state index in [0.29, 0.717) is 37.2 Å². The van der Waals surface area contributed by atoms with E-state index in [0.717, 1.165) is 18.7 Å². The number of nitrogens with one attached hydrogen (secondary N) is 1. The Bertz CT molecular complexity index is 1400. The van der Waals surface area contributed by atoms with E-state index in [1.807, 2.05) is 13.8 Å². The van der Waals surface area contributed by atoms with Crippen LogP contribution in [-0.4, -0.2) is 41.5 Å². The fourth-order valence-electron chi connectivity index (χ4n) is 6.81. The Hall–Kier alpha value is -2.29. The van der Waals surface area contributed by atoms with Crippen LogP contribution in [0, 0.1) is 17.2 Å². The number of rotatable bonds is 9. The van der Waals surface area contributed by atoms with Gasteiger partial charge in [-0.3, -0.25) is 9.79 Å². The van der Waals surface area contributed by atoms with Gasteiger partial charge < -0.3 is 5.32 Å². The van der Waals surface area contributed by atoms with Crippen LogP contribution in [0.3, 0.4) is 0 Å². The van der Waals surface area contributed by atoms with Gasteiger partial charge in [-0.25, -0.2) is 12.8 Å². The minimum absolute atomic E-state index is 0.00466.